The van der Waals surface area contributed by atoms with E-state index in [0.717, 1.165) is 0 Å². The molecule has 0 bridgehead atoms. The standard InChI is InChI=1S/C13H19FN2O2/c1-10(5-6-17)8-15-13(18)16-9-11-3-2-4-12(14)7-11/h2-4,7,10,17H,5-6,8-9H2,1H3,(H2,15,16,18). The van der Waals surface area contributed by atoms with Crippen LogP contribution in [0.4, 0.5) is 9.18 Å². The molecule has 0 aliphatic heterocycles. The van der Waals surface area contributed by atoms with Crippen LogP contribution >= 0.6 is 0 Å². The number of urea groups is 1. The van der Waals surface area contributed by atoms with Crippen molar-refractivity contribution in [3.05, 3.63) is 35.6 Å². The first-order chi connectivity index (χ1) is 8.61. The molecule has 0 aliphatic carbocycles. The van der Waals surface area contributed by atoms with E-state index in [9.17, 15) is 9.18 Å². The molecule has 0 aromatic heterocycles. The molecule has 1 rings (SSSR count). The zero-order valence-electron chi connectivity index (χ0n) is 10.4. The Morgan fingerprint density at radius 3 is 2.89 bits per heavy atom. The summed E-state index contributed by atoms with van der Waals surface area (Å²) >= 11 is 0. The van der Waals surface area contributed by atoms with Crippen LogP contribution in [-0.2, 0) is 6.54 Å². The molecule has 3 N–H and O–H groups in total. The third kappa shape index (κ3) is 5.63. The maximum absolute atomic E-state index is 12.9. The molecule has 0 heterocycles. The number of carbonyl (C=O) groups is 1. The van der Waals surface area contributed by atoms with Gasteiger partial charge in [-0.05, 0) is 30.0 Å². The number of aliphatic hydroxyl groups excluding tert-OH is 1. The molecule has 5 heteroatoms. The quantitative estimate of drug-likeness (QED) is 0.722. The predicted molar refractivity (Wildman–Crippen MR) is 67.5 cm³/mol. The van der Waals surface area contributed by atoms with Gasteiger partial charge in [-0.15, -0.1) is 0 Å². The molecule has 2 amide bonds. The Balaban J connectivity index is 2.25. The molecule has 0 saturated heterocycles. The fraction of sp³-hybridized carbons (Fsp3) is 0.462. The average Bonchev–Trinajstić information content (AvgIpc) is 2.34. The van der Waals surface area contributed by atoms with Crippen LogP contribution in [0.2, 0.25) is 0 Å². The summed E-state index contributed by atoms with van der Waals surface area (Å²) in [7, 11) is 0. The van der Waals surface area contributed by atoms with Crippen molar-refractivity contribution >= 4 is 6.03 Å². The SMILES string of the molecule is CC(CCO)CNC(=O)NCc1cccc(F)c1. The highest BCUT2D eigenvalue weighted by atomic mass is 19.1. The van der Waals surface area contributed by atoms with Gasteiger partial charge in [0.05, 0.1) is 0 Å². The van der Waals surface area contributed by atoms with Crippen molar-refractivity contribution in [1.82, 2.24) is 10.6 Å². The van der Waals surface area contributed by atoms with Crippen molar-refractivity contribution in [3.8, 4) is 0 Å². The fourth-order valence-corrected chi connectivity index (χ4v) is 1.48. The van der Waals surface area contributed by atoms with Crippen molar-refractivity contribution < 1.29 is 14.3 Å². The van der Waals surface area contributed by atoms with Gasteiger partial charge in [0.1, 0.15) is 5.82 Å². The summed E-state index contributed by atoms with van der Waals surface area (Å²) in [5, 5.41) is 14.1. The third-order valence-electron chi connectivity index (χ3n) is 2.58. The molecule has 0 aliphatic rings. The predicted octanol–water partition coefficient (Wildman–Crippen LogP) is 1.64. The minimum atomic E-state index is -0.314. The van der Waals surface area contributed by atoms with E-state index in [1.54, 1.807) is 12.1 Å². The zero-order valence-corrected chi connectivity index (χ0v) is 10.4. The highest BCUT2D eigenvalue weighted by Crippen LogP contribution is 2.02. The van der Waals surface area contributed by atoms with Gasteiger partial charge >= 0.3 is 6.03 Å². The topological polar surface area (TPSA) is 61.4 Å². The highest BCUT2D eigenvalue weighted by Gasteiger charge is 2.04. The van der Waals surface area contributed by atoms with Gasteiger partial charge in [0.15, 0.2) is 0 Å². The average molecular weight is 254 g/mol. The van der Waals surface area contributed by atoms with E-state index in [1.165, 1.54) is 12.1 Å². The Labute approximate surface area is 106 Å². The lowest BCUT2D eigenvalue weighted by Gasteiger charge is -2.12. The molecule has 1 unspecified atom stereocenters. The Morgan fingerprint density at radius 1 is 1.44 bits per heavy atom. The Morgan fingerprint density at radius 2 is 2.22 bits per heavy atom. The van der Waals surface area contributed by atoms with Gasteiger partial charge in [-0.1, -0.05) is 19.1 Å². The normalized spacial score (nSPS) is 11.9. The van der Waals surface area contributed by atoms with Crippen molar-refractivity contribution in [2.45, 2.75) is 19.9 Å². The summed E-state index contributed by atoms with van der Waals surface area (Å²) in [5.74, 6) is -0.0822. The van der Waals surface area contributed by atoms with Crippen molar-refractivity contribution in [2.24, 2.45) is 5.92 Å². The van der Waals surface area contributed by atoms with Crippen LogP contribution in [0, 0.1) is 11.7 Å². The van der Waals surface area contributed by atoms with Crippen molar-refractivity contribution in [3.63, 3.8) is 0 Å². The smallest absolute Gasteiger partial charge is 0.315 e. The van der Waals surface area contributed by atoms with E-state index in [2.05, 4.69) is 10.6 Å². The first-order valence-corrected chi connectivity index (χ1v) is 5.99. The maximum Gasteiger partial charge on any atom is 0.315 e. The maximum atomic E-state index is 12.9. The van der Waals surface area contributed by atoms with Gasteiger partial charge in [-0.2, -0.15) is 0 Å². The molecular weight excluding hydrogens is 235 g/mol. The number of hydrogen-bond donors (Lipinski definition) is 3. The van der Waals surface area contributed by atoms with E-state index in [0.29, 0.717) is 18.5 Å². The number of carbonyl (C=O) groups excluding carboxylic acids is 1. The van der Waals surface area contributed by atoms with E-state index in [1.807, 2.05) is 6.92 Å². The summed E-state index contributed by atoms with van der Waals surface area (Å²) in [4.78, 5) is 11.4. The summed E-state index contributed by atoms with van der Waals surface area (Å²) in [6.45, 7) is 2.87. The van der Waals surface area contributed by atoms with Gasteiger partial charge in [-0.3, -0.25) is 0 Å². The number of hydrogen-bond acceptors (Lipinski definition) is 2. The number of aliphatic hydroxyl groups is 1. The number of nitrogens with one attached hydrogen (secondary N) is 2. The molecule has 18 heavy (non-hydrogen) atoms. The number of halogens is 1. The fourth-order valence-electron chi connectivity index (χ4n) is 1.48. The second-order valence-corrected chi connectivity index (χ2v) is 4.31. The highest BCUT2D eigenvalue weighted by molar-refractivity contribution is 5.73. The van der Waals surface area contributed by atoms with Crippen LogP contribution < -0.4 is 10.6 Å². The van der Waals surface area contributed by atoms with E-state index in [4.69, 9.17) is 5.11 Å². The van der Waals surface area contributed by atoms with Gasteiger partial charge < -0.3 is 15.7 Å². The van der Waals surface area contributed by atoms with Crippen LogP contribution in [0.25, 0.3) is 0 Å². The van der Waals surface area contributed by atoms with Gasteiger partial charge in [0.2, 0.25) is 0 Å². The minimum Gasteiger partial charge on any atom is -0.396 e. The van der Waals surface area contributed by atoms with E-state index >= 15 is 0 Å². The minimum absolute atomic E-state index is 0.119. The van der Waals surface area contributed by atoms with Crippen molar-refractivity contribution in [1.29, 1.82) is 0 Å². The molecular formula is C13H19FN2O2. The summed E-state index contributed by atoms with van der Waals surface area (Å²) in [6.07, 6.45) is 0.657. The molecule has 1 aromatic rings. The Kier molecular flexibility index (Phi) is 6.14. The van der Waals surface area contributed by atoms with E-state index in [-0.39, 0.29) is 30.9 Å². The van der Waals surface area contributed by atoms with Crippen LogP contribution in [0.1, 0.15) is 18.9 Å². The zero-order chi connectivity index (χ0) is 13.4. The molecule has 0 saturated carbocycles. The summed E-state index contributed by atoms with van der Waals surface area (Å²) in [6, 6.07) is 5.81. The molecule has 0 fully saturated rings. The lowest BCUT2D eigenvalue weighted by Crippen LogP contribution is -2.37. The van der Waals surface area contributed by atoms with Crippen LogP contribution in [-0.4, -0.2) is 24.3 Å². The number of benzene rings is 1. The molecule has 1 aromatic carbocycles. The second kappa shape index (κ2) is 7.66. The second-order valence-electron chi connectivity index (χ2n) is 4.31. The Hall–Kier alpha value is -1.62. The first-order valence-electron chi connectivity index (χ1n) is 5.99. The Bertz CT molecular complexity index is 385. The van der Waals surface area contributed by atoms with Crippen LogP contribution in [0.15, 0.2) is 24.3 Å². The molecule has 100 valence electrons. The van der Waals surface area contributed by atoms with Crippen molar-refractivity contribution in [2.75, 3.05) is 13.2 Å². The first kappa shape index (κ1) is 14.4. The van der Waals surface area contributed by atoms with Crippen LogP contribution in [0.5, 0.6) is 0 Å². The van der Waals surface area contributed by atoms with Crippen LogP contribution in [0.3, 0.4) is 0 Å². The van der Waals surface area contributed by atoms with Gasteiger partial charge in [0, 0.05) is 19.7 Å². The molecule has 0 spiro atoms. The van der Waals surface area contributed by atoms with E-state index < -0.39 is 0 Å². The van der Waals surface area contributed by atoms with Gasteiger partial charge in [-0.25, -0.2) is 9.18 Å². The lowest BCUT2D eigenvalue weighted by atomic mass is 10.1. The number of rotatable bonds is 6. The summed E-state index contributed by atoms with van der Waals surface area (Å²) in [5.41, 5.74) is 0.716. The summed E-state index contributed by atoms with van der Waals surface area (Å²) < 4.78 is 12.9. The number of amides is 2. The molecule has 4 nitrogen and oxygen atoms in total. The lowest BCUT2D eigenvalue weighted by molar-refractivity contribution is 0.233. The third-order valence-corrected chi connectivity index (χ3v) is 2.58. The molecule has 0 radical (unpaired) electrons. The largest absolute Gasteiger partial charge is 0.396 e. The van der Waals surface area contributed by atoms with Gasteiger partial charge in [0.25, 0.3) is 0 Å². The monoisotopic (exact) mass is 254 g/mol. The molecule has 1 atom stereocenters.